The summed E-state index contributed by atoms with van der Waals surface area (Å²) in [6, 6.07) is 12.7. The standard InChI is InChI=1S/C23H29N3O4/c1-16-7-12-20(17(2)14-16)25-15-21(27)26-19-10-8-18(9-11-19)23(30)24-13-5-3-4-6-22(28)29/h7-12,14,25H,3-6,13,15H2,1-2H3,(H,24,30)(H,26,27)(H,28,29). The predicted molar refractivity (Wildman–Crippen MR) is 118 cm³/mol. The van der Waals surface area contributed by atoms with E-state index < -0.39 is 5.97 Å². The average molecular weight is 412 g/mol. The second-order valence-corrected chi connectivity index (χ2v) is 7.26. The van der Waals surface area contributed by atoms with Crippen molar-refractivity contribution < 1.29 is 19.5 Å². The molecule has 160 valence electrons. The molecular formula is C23H29N3O4. The lowest BCUT2D eigenvalue weighted by atomic mass is 10.1. The van der Waals surface area contributed by atoms with Gasteiger partial charge in [0.15, 0.2) is 0 Å². The van der Waals surface area contributed by atoms with Gasteiger partial charge in [-0.3, -0.25) is 14.4 Å². The number of nitrogens with one attached hydrogen (secondary N) is 3. The summed E-state index contributed by atoms with van der Waals surface area (Å²) in [7, 11) is 0. The van der Waals surface area contributed by atoms with Crippen LogP contribution in [0.25, 0.3) is 0 Å². The van der Waals surface area contributed by atoms with E-state index in [9.17, 15) is 14.4 Å². The summed E-state index contributed by atoms with van der Waals surface area (Å²) < 4.78 is 0. The van der Waals surface area contributed by atoms with E-state index in [2.05, 4.69) is 22.0 Å². The van der Waals surface area contributed by atoms with Gasteiger partial charge in [-0.15, -0.1) is 0 Å². The van der Waals surface area contributed by atoms with Gasteiger partial charge in [-0.2, -0.15) is 0 Å². The highest BCUT2D eigenvalue weighted by molar-refractivity contribution is 5.96. The zero-order valence-corrected chi connectivity index (χ0v) is 17.5. The summed E-state index contributed by atoms with van der Waals surface area (Å²) in [5.74, 6) is -1.16. The van der Waals surface area contributed by atoms with Crippen molar-refractivity contribution in [2.24, 2.45) is 0 Å². The third-order valence-corrected chi connectivity index (χ3v) is 4.61. The van der Waals surface area contributed by atoms with Gasteiger partial charge >= 0.3 is 5.97 Å². The first kappa shape index (κ1) is 22.9. The summed E-state index contributed by atoms with van der Waals surface area (Å²) in [6.45, 7) is 4.66. The molecule has 7 nitrogen and oxygen atoms in total. The Morgan fingerprint density at radius 3 is 2.33 bits per heavy atom. The van der Waals surface area contributed by atoms with Crippen molar-refractivity contribution in [3.8, 4) is 0 Å². The molecule has 4 N–H and O–H groups in total. The summed E-state index contributed by atoms with van der Waals surface area (Å²) in [6.07, 6.45) is 2.26. The van der Waals surface area contributed by atoms with Gasteiger partial charge in [0.1, 0.15) is 0 Å². The van der Waals surface area contributed by atoms with Crippen LogP contribution in [0.15, 0.2) is 42.5 Å². The van der Waals surface area contributed by atoms with E-state index in [0.29, 0.717) is 24.2 Å². The average Bonchev–Trinajstić information content (AvgIpc) is 2.70. The second kappa shape index (κ2) is 11.6. The number of hydrogen-bond donors (Lipinski definition) is 4. The van der Waals surface area contributed by atoms with Crippen LogP contribution in [0, 0.1) is 13.8 Å². The number of aryl methyl sites for hydroxylation is 2. The first-order valence-electron chi connectivity index (χ1n) is 10.1. The number of unbranched alkanes of at least 4 members (excludes halogenated alkanes) is 2. The third-order valence-electron chi connectivity index (χ3n) is 4.61. The minimum absolute atomic E-state index is 0.147. The van der Waals surface area contributed by atoms with Crippen molar-refractivity contribution in [2.75, 3.05) is 23.7 Å². The van der Waals surface area contributed by atoms with Crippen molar-refractivity contribution >= 4 is 29.2 Å². The van der Waals surface area contributed by atoms with Crippen LogP contribution in [0.4, 0.5) is 11.4 Å². The van der Waals surface area contributed by atoms with Crippen molar-refractivity contribution in [3.05, 3.63) is 59.2 Å². The van der Waals surface area contributed by atoms with Crippen LogP contribution in [0.1, 0.15) is 47.2 Å². The van der Waals surface area contributed by atoms with E-state index in [0.717, 1.165) is 24.1 Å². The summed E-state index contributed by atoms with van der Waals surface area (Å²) >= 11 is 0. The molecule has 0 atom stereocenters. The molecule has 2 aromatic rings. The zero-order chi connectivity index (χ0) is 21.9. The molecule has 0 bridgehead atoms. The Kier molecular flexibility index (Phi) is 8.87. The largest absolute Gasteiger partial charge is 0.481 e. The fraction of sp³-hybridized carbons (Fsp3) is 0.348. The number of carboxylic acid groups (broad SMARTS) is 1. The molecule has 7 heteroatoms. The number of rotatable bonds is 11. The number of amides is 2. The Balaban J connectivity index is 1.73. The maximum Gasteiger partial charge on any atom is 0.303 e. The lowest BCUT2D eigenvalue weighted by Gasteiger charge is -2.11. The normalized spacial score (nSPS) is 10.3. The molecule has 2 amide bonds. The maximum atomic E-state index is 12.2. The Morgan fingerprint density at radius 1 is 0.933 bits per heavy atom. The van der Waals surface area contributed by atoms with Gasteiger partial charge in [0.25, 0.3) is 5.91 Å². The highest BCUT2D eigenvalue weighted by Crippen LogP contribution is 2.16. The van der Waals surface area contributed by atoms with Gasteiger partial charge in [0.05, 0.1) is 6.54 Å². The molecule has 0 fully saturated rings. The molecular weight excluding hydrogens is 382 g/mol. The molecule has 0 saturated heterocycles. The number of aliphatic carboxylic acids is 1. The van der Waals surface area contributed by atoms with E-state index >= 15 is 0 Å². The third kappa shape index (κ3) is 7.95. The fourth-order valence-corrected chi connectivity index (χ4v) is 2.98. The first-order valence-corrected chi connectivity index (χ1v) is 10.1. The number of carbonyl (C=O) groups excluding carboxylic acids is 2. The highest BCUT2D eigenvalue weighted by Gasteiger charge is 2.07. The molecule has 0 unspecified atom stereocenters. The second-order valence-electron chi connectivity index (χ2n) is 7.26. The van der Waals surface area contributed by atoms with Crippen molar-refractivity contribution in [2.45, 2.75) is 39.5 Å². The van der Waals surface area contributed by atoms with Gasteiger partial charge in [0.2, 0.25) is 5.91 Å². The summed E-state index contributed by atoms with van der Waals surface area (Å²) in [5.41, 5.74) is 4.30. The van der Waals surface area contributed by atoms with Crippen LogP contribution < -0.4 is 16.0 Å². The molecule has 0 aliphatic rings. The SMILES string of the molecule is Cc1ccc(NCC(=O)Nc2ccc(C(=O)NCCCCCC(=O)O)cc2)c(C)c1. The monoisotopic (exact) mass is 411 g/mol. The summed E-state index contributed by atoms with van der Waals surface area (Å²) in [4.78, 5) is 34.7. The smallest absolute Gasteiger partial charge is 0.303 e. The van der Waals surface area contributed by atoms with Crippen LogP contribution in [-0.2, 0) is 9.59 Å². The van der Waals surface area contributed by atoms with Crippen LogP contribution in [0.5, 0.6) is 0 Å². The first-order chi connectivity index (χ1) is 14.3. The van der Waals surface area contributed by atoms with Crippen LogP contribution in [0.2, 0.25) is 0 Å². The van der Waals surface area contributed by atoms with Crippen molar-refractivity contribution in [1.29, 1.82) is 0 Å². The van der Waals surface area contributed by atoms with Gasteiger partial charge in [-0.25, -0.2) is 0 Å². The predicted octanol–water partition coefficient (Wildman–Crippen LogP) is 3.73. The molecule has 30 heavy (non-hydrogen) atoms. The van der Waals surface area contributed by atoms with E-state index in [4.69, 9.17) is 5.11 Å². The summed E-state index contributed by atoms with van der Waals surface area (Å²) in [5, 5.41) is 17.3. The fourth-order valence-electron chi connectivity index (χ4n) is 2.98. The Labute approximate surface area is 176 Å². The molecule has 0 heterocycles. The number of hydrogen-bond acceptors (Lipinski definition) is 4. The Hall–Kier alpha value is -3.35. The van der Waals surface area contributed by atoms with Crippen LogP contribution in [-0.4, -0.2) is 36.0 Å². The lowest BCUT2D eigenvalue weighted by Crippen LogP contribution is -2.24. The molecule has 0 saturated carbocycles. The number of carbonyl (C=O) groups is 3. The van der Waals surface area contributed by atoms with E-state index in [1.165, 1.54) is 5.56 Å². The van der Waals surface area contributed by atoms with Crippen LogP contribution >= 0.6 is 0 Å². The minimum atomic E-state index is -0.799. The number of benzene rings is 2. The Morgan fingerprint density at radius 2 is 1.67 bits per heavy atom. The Bertz CT molecular complexity index is 879. The van der Waals surface area contributed by atoms with Gasteiger partial charge in [-0.05, 0) is 62.6 Å². The maximum absolute atomic E-state index is 12.2. The highest BCUT2D eigenvalue weighted by atomic mass is 16.4. The molecule has 0 radical (unpaired) electrons. The topological polar surface area (TPSA) is 108 Å². The zero-order valence-electron chi connectivity index (χ0n) is 17.5. The van der Waals surface area contributed by atoms with E-state index in [1.807, 2.05) is 26.0 Å². The van der Waals surface area contributed by atoms with Crippen molar-refractivity contribution in [3.63, 3.8) is 0 Å². The number of carboxylic acids is 1. The lowest BCUT2D eigenvalue weighted by molar-refractivity contribution is -0.137. The molecule has 0 aliphatic carbocycles. The molecule has 2 aromatic carbocycles. The van der Waals surface area contributed by atoms with Crippen molar-refractivity contribution in [1.82, 2.24) is 5.32 Å². The van der Waals surface area contributed by atoms with Gasteiger partial charge in [0, 0.05) is 29.9 Å². The minimum Gasteiger partial charge on any atom is -0.481 e. The van der Waals surface area contributed by atoms with E-state index in [-0.39, 0.29) is 24.8 Å². The van der Waals surface area contributed by atoms with Crippen LogP contribution in [0.3, 0.4) is 0 Å². The van der Waals surface area contributed by atoms with E-state index in [1.54, 1.807) is 24.3 Å². The van der Waals surface area contributed by atoms with Gasteiger partial charge < -0.3 is 21.1 Å². The molecule has 0 aliphatic heterocycles. The quantitative estimate of drug-likeness (QED) is 0.422. The van der Waals surface area contributed by atoms with Gasteiger partial charge in [-0.1, -0.05) is 24.1 Å². The number of anilines is 2. The molecule has 0 aromatic heterocycles. The molecule has 0 spiro atoms. The molecule has 2 rings (SSSR count).